The second kappa shape index (κ2) is 7.01. The van der Waals surface area contributed by atoms with Crippen molar-refractivity contribution in [1.82, 2.24) is 5.32 Å². The molecule has 0 saturated heterocycles. The lowest BCUT2D eigenvalue weighted by Crippen LogP contribution is -2.37. The maximum absolute atomic E-state index is 11.6. The highest BCUT2D eigenvalue weighted by Crippen LogP contribution is 2.09. The molecule has 1 aromatic carbocycles. The normalized spacial score (nSPS) is 13.8. The minimum Gasteiger partial charge on any atom is -0.391 e. The van der Waals surface area contributed by atoms with Crippen LogP contribution in [0.25, 0.3) is 0 Å². The Morgan fingerprint density at radius 2 is 1.94 bits per heavy atom. The van der Waals surface area contributed by atoms with Gasteiger partial charge >= 0.3 is 6.03 Å². The molecular formula is C14H22N2O2. The predicted molar refractivity (Wildman–Crippen MR) is 73.7 cm³/mol. The van der Waals surface area contributed by atoms with Crippen LogP contribution in [-0.2, 0) is 0 Å². The predicted octanol–water partition coefficient (Wildman–Crippen LogP) is 2.52. The molecule has 2 atom stereocenters. The fraction of sp³-hybridized carbons (Fsp3) is 0.500. The van der Waals surface area contributed by atoms with E-state index in [-0.39, 0.29) is 18.5 Å². The van der Waals surface area contributed by atoms with Crippen molar-refractivity contribution in [2.75, 3.05) is 11.9 Å². The van der Waals surface area contributed by atoms with Crippen LogP contribution < -0.4 is 10.6 Å². The summed E-state index contributed by atoms with van der Waals surface area (Å²) in [6.07, 6.45) is 0.390. The second-order valence-corrected chi connectivity index (χ2v) is 4.65. The number of aryl methyl sites for hydroxylation is 1. The Kier molecular flexibility index (Phi) is 5.65. The van der Waals surface area contributed by atoms with Crippen LogP contribution in [0.5, 0.6) is 0 Å². The third kappa shape index (κ3) is 4.75. The Morgan fingerprint density at radius 3 is 2.50 bits per heavy atom. The molecule has 0 aliphatic carbocycles. The highest BCUT2D eigenvalue weighted by Gasteiger charge is 2.13. The van der Waals surface area contributed by atoms with Gasteiger partial charge in [-0.25, -0.2) is 4.79 Å². The van der Waals surface area contributed by atoms with E-state index in [0.717, 1.165) is 17.7 Å². The summed E-state index contributed by atoms with van der Waals surface area (Å²) in [6.45, 7) is 6.24. The van der Waals surface area contributed by atoms with E-state index in [2.05, 4.69) is 10.6 Å². The fourth-order valence-corrected chi connectivity index (χ4v) is 1.48. The number of aliphatic hydroxyl groups excluding tert-OH is 1. The van der Waals surface area contributed by atoms with Gasteiger partial charge in [0.15, 0.2) is 0 Å². The van der Waals surface area contributed by atoms with Crippen LogP contribution in [0.15, 0.2) is 24.3 Å². The maximum atomic E-state index is 11.6. The molecule has 0 aliphatic rings. The van der Waals surface area contributed by atoms with E-state index < -0.39 is 6.10 Å². The lowest BCUT2D eigenvalue weighted by atomic mass is 10.0. The quantitative estimate of drug-likeness (QED) is 0.752. The Balaban J connectivity index is 2.36. The zero-order chi connectivity index (χ0) is 13.5. The van der Waals surface area contributed by atoms with Gasteiger partial charge in [-0.3, -0.25) is 0 Å². The molecule has 0 spiro atoms. The lowest BCUT2D eigenvalue weighted by molar-refractivity contribution is 0.115. The van der Waals surface area contributed by atoms with Gasteiger partial charge in [0.25, 0.3) is 0 Å². The van der Waals surface area contributed by atoms with Crippen LogP contribution in [-0.4, -0.2) is 23.8 Å². The molecule has 3 N–H and O–H groups in total. The third-order valence-corrected chi connectivity index (χ3v) is 3.08. The fourth-order valence-electron chi connectivity index (χ4n) is 1.48. The number of carbonyl (C=O) groups is 1. The number of hydrogen-bond donors (Lipinski definition) is 3. The summed E-state index contributed by atoms with van der Waals surface area (Å²) in [6, 6.07) is 7.27. The van der Waals surface area contributed by atoms with E-state index in [0.29, 0.717) is 0 Å². The van der Waals surface area contributed by atoms with Crippen molar-refractivity contribution >= 4 is 11.7 Å². The van der Waals surface area contributed by atoms with Gasteiger partial charge in [-0.1, -0.05) is 38.0 Å². The van der Waals surface area contributed by atoms with Crippen LogP contribution >= 0.6 is 0 Å². The average Bonchev–Trinajstić information content (AvgIpc) is 2.37. The number of aliphatic hydroxyl groups is 1. The van der Waals surface area contributed by atoms with Crippen molar-refractivity contribution in [3.63, 3.8) is 0 Å². The molecule has 1 aromatic rings. The summed E-state index contributed by atoms with van der Waals surface area (Å²) in [5, 5.41) is 15.1. The zero-order valence-corrected chi connectivity index (χ0v) is 11.2. The molecule has 1 rings (SSSR count). The second-order valence-electron chi connectivity index (χ2n) is 4.65. The summed E-state index contributed by atoms with van der Waals surface area (Å²) >= 11 is 0. The van der Waals surface area contributed by atoms with Crippen LogP contribution in [0, 0.1) is 12.8 Å². The molecule has 4 nitrogen and oxygen atoms in total. The first-order chi connectivity index (χ1) is 8.52. The van der Waals surface area contributed by atoms with Crippen LogP contribution in [0.3, 0.4) is 0 Å². The van der Waals surface area contributed by atoms with E-state index >= 15 is 0 Å². The first-order valence-corrected chi connectivity index (χ1v) is 6.32. The largest absolute Gasteiger partial charge is 0.391 e. The standard InChI is InChI=1S/C14H22N2O2/c1-4-11(3)13(17)9-15-14(18)16-12-7-5-10(2)6-8-12/h5-8,11,13,17H,4,9H2,1-3H3,(H2,15,16,18)/t11-,13-/m1/s1. The van der Waals surface area contributed by atoms with Gasteiger partial charge in [0.1, 0.15) is 0 Å². The van der Waals surface area contributed by atoms with Gasteiger partial charge in [0, 0.05) is 12.2 Å². The summed E-state index contributed by atoms with van der Waals surface area (Å²) in [5.41, 5.74) is 1.89. The van der Waals surface area contributed by atoms with Crippen molar-refractivity contribution in [2.24, 2.45) is 5.92 Å². The van der Waals surface area contributed by atoms with E-state index in [9.17, 15) is 9.90 Å². The lowest BCUT2D eigenvalue weighted by Gasteiger charge is -2.17. The van der Waals surface area contributed by atoms with Crippen molar-refractivity contribution in [3.05, 3.63) is 29.8 Å². The van der Waals surface area contributed by atoms with E-state index in [1.807, 2.05) is 45.0 Å². The van der Waals surface area contributed by atoms with Gasteiger partial charge < -0.3 is 15.7 Å². The molecule has 18 heavy (non-hydrogen) atoms. The van der Waals surface area contributed by atoms with Crippen molar-refractivity contribution in [1.29, 1.82) is 0 Å². The Bertz CT molecular complexity index is 376. The topological polar surface area (TPSA) is 61.4 Å². The van der Waals surface area contributed by atoms with Gasteiger partial charge in [-0.05, 0) is 25.0 Å². The van der Waals surface area contributed by atoms with Crippen molar-refractivity contribution in [2.45, 2.75) is 33.3 Å². The monoisotopic (exact) mass is 250 g/mol. The molecule has 100 valence electrons. The Hall–Kier alpha value is -1.55. The molecule has 0 bridgehead atoms. The molecule has 2 amide bonds. The zero-order valence-electron chi connectivity index (χ0n) is 11.2. The molecule has 0 radical (unpaired) electrons. The van der Waals surface area contributed by atoms with E-state index in [1.165, 1.54) is 0 Å². The molecule has 0 aliphatic heterocycles. The molecule has 0 unspecified atom stereocenters. The Labute approximate surface area is 108 Å². The number of rotatable bonds is 5. The van der Waals surface area contributed by atoms with Gasteiger partial charge in [0.2, 0.25) is 0 Å². The summed E-state index contributed by atoms with van der Waals surface area (Å²) in [4.78, 5) is 11.6. The number of benzene rings is 1. The van der Waals surface area contributed by atoms with Crippen LogP contribution in [0.1, 0.15) is 25.8 Å². The summed E-state index contributed by atoms with van der Waals surface area (Å²) < 4.78 is 0. The SMILES string of the molecule is CC[C@@H](C)[C@H](O)CNC(=O)Nc1ccc(C)cc1. The first-order valence-electron chi connectivity index (χ1n) is 6.32. The minimum atomic E-state index is -0.501. The molecule has 0 heterocycles. The summed E-state index contributed by atoms with van der Waals surface area (Å²) in [7, 11) is 0. The maximum Gasteiger partial charge on any atom is 0.319 e. The number of amides is 2. The van der Waals surface area contributed by atoms with Crippen LogP contribution in [0.2, 0.25) is 0 Å². The van der Waals surface area contributed by atoms with Crippen molar-refractivity contribution in [3.8, 4) is 0 Å². The van der Waals surface area contributed by atoms with Crippen molar-refractivity contribution < 1.29 is 9.90 Å². The third-order valence-electron chi connectivity index (χ3n) is 3.08. The number of anilines is 1. The molecular weight excluding hydrogens is 228 g/mol. The number of urea groups is 1. The van der Waals surface area contributed by atoms with Gasteiger partial charge in [-0.2, -0.15) is 0 Å². The molecule has 4 heteroatoms. The first kappa shape index (κ1) is 14.5. The average molecular weight is 250 g/mol. The number of carbonyl (C=O) groups excluding carboxylic acids is 1. The molecule has 0 aromatic heterocycles. The highest BCUT2D eigenvalue weighted by molar-refractivity contribution is 5.89. The number of nitrogens with one attached hydrogen (secondary N) is 2. The minimum absolute atomic E-state index is 0.185. The van der Waals surface area contributed by atoms with Gasteiger partial charge in [0.05, 0.1) is 6.10 Å². The number of hydrogen-bond acceptors (Lipinski definition) is 2. The van der Waals surface area contributed by atoms with Crippen LogP contribution in [0.4, 0.5) is 10.5 Å². The van der Waals surface area contributed by atoms with Gasteiger partial charge in [-0.15, -0.1) is 0 Å². The molecule has 0 saturated carbocycles. The highest BCUT2D eigenvalue weighted by atomic mass is 16.3. The smallest absolute Gasteiger partial charge is 0.319 e. The van der Waals surface area contributed by atoms with E-state index in [1.54, 1.807) is 0 Å². The van der Waals surface area contributed by atoms with E-state index in [4.69, 9.17) is 0 Å². The molecule has 0 fully saturated rings. The Morgan fingerprint density at radius 1 is 1.33 bits per heavy atom. The summed E-state index contributed by atoms with van der Waals surface area (Å²) in [5.74, 6) is 0.185.